The SMILES string of the molecule is O=C(OCc1ccccc1)N1CCN(C(=O)c2ccc3ccccc3n2)CC1. The van der Waals surface area contributed by atoms with Gasteiger partial charge in [0.1, 0.15) is 12.3 Å². The van der Waals surface area contributed by atoms with E-state index in [0.29, 0.717) is 31.9 Å². The Bertz CT molecular complexity index is 982. The van der Waals surface area contributed by atoms with Gasteiger partial charge in [0.25, 0.3) is 5.91 Å². The number of rotatable bonds is 3. The monoisotopic (exact) mass is 375 g/mol. The maximum atomic E-state index is 12.8. The van der Waals surface area contributed by atoms with E-state index in [2.05, 4.69) is 4.98 Å². The van der Waals surface area contributed by atoms with Crippen LogP contribution in [0.3, 0.4) is 0 Å². The van der Waals surface area contributed by atoms with Crippen LogP contribution in [0.25, 0.3) is 10.9 Å². The number of carbonyl (C=O) groups excluding carboxylic acids is 2. The van der Waals surface area contributed by atoms with Gasteiger partial charge in [-0.1, -0.05) is 54.6 Å². The van der Waals surface area contributed by atoms with Crippen molar-refractivity contribution in [2.24, 2.45) is 0 Å². The predicted octanol–water partition coefficient (Wildman–Crippen LogP) is 3.33. The minimum Gasteiger partial charge on any atom is -0.445 e. The Morgan fingerprint density at radius 1 is 0.821 bits per heavy atom. The van der Waals surface area contributed by atoms with E-state index in [1.165, 1.54) is 0 Å². The first-order valence-electron chi connectivity index (χ1n) is 9.31. The number of hydrogen-bond donors (Lipinski definition) is 0. The topological polar surface area (TPSA) is 62.7 Å². The molecular weight excluding hydrogens is 354 g/mol. The second kappa shape index (κ2) is 8.08. The van der Waals surface area contributed by atoms with Gasteiger partial charge in [0.2, 0.25) is 0 Å². The van der Waals surface area contributed by atoms with Gasteiger partial charge in [0.15, 0.2) is 0 Å². The molecule has 0 atom stereocenters. The van der Waals surface area contributed by atoms with Crippen LogP contribution in [0.2, 0.25) is 0 Å². The van der Waals surface area contributed by atoms with E-state index in [1.54, 1.807) is 15.9 Å². The van der Waals surface area contributed by atoms with Gasteiger partial charge in [-0.25, -0.2) is 9.78 Å². The fourth-order valence-electron chi connectivity index (χ4n) is 3.25. The molecule has 6 heteroatoms. The summed E-state index contributed by atoms with van der Waals surface area (Å²) >= 11 is 0. The van der Waals surface area contributed by atoms with E-state index in [4.69, 9.17) is 4.74 Å². The number of carbonyl (C=O) groups is 2. The third-order valence-electron chi connectivity index (χ3n) is 4.85. The van der Waals surface area contributed by atoms with E-state index in [9.17, 15) is 9.59 Å². The predicted molar refractivity (Wildman–Crippen MR) is 106 cm³/mol. The van der Waals surface area contributed by atoms with E-state index in [1.807, 2.05) is 60.7 Å². The van der Waals surface area contributed by atoms with Gasteiger partial charge in [0.05, 0.1) is 5.52 Å². The Labute approximate surface area is 163 Å². The number of fused-ring (bicyclic) bond motifs is 1. The molecule has 0 unspecified atom stereocenters. The zero-order valence-electron chi connectivity index (χ0n) is 15.5. The summed E-state index contributed by atoms with van der Waals surface area (Å²) in [6.45, 7) is 2.08. The quantitative estimate of drug-likeness (QED) is 0.704. The molecule has 1 saturated heterocycles. The molecule has 0 bridgehead atoms. The van der Waals surface area contributed by atoms with Gasteiger partial charge in [-0.15, -0.1) is 0 Å². The molecule has 1 aromatic heterocycles. The van der Waals surface area contributed by atoms with Crippen molar-refractivity contribution >= 4 is 22.9 Å². The number of piperazine rings is 1. The standard InChI is InChI=1S/C22H21N3O3/c26-21(20-11-10-18-8-4-5-9-19(18)23-20)24-12-14-25(15-13-24)22(27)28-16-17-6-2-1-3-7-17/h1-11H,12-16H2. The highest BCUT2D eigenvalue weighted by atomic mass is 16.6. The molecule has 0 N–H and O–H groups in total. The van der Waals surface area contributed by atoms with Gasteiger partial charge in [-0.05, 0) is 17.7 Å². The number of para-hydroxylation sites is 1. The lowest BCUT2D eigenvalue weighted by Gasteiger charge is -2.34. The molecule has 0 spiro atoms. The zero-order valence-corrected chi connectivity index (χ0v) is 15.5. The zero-order chi connectivity index (χ0) is 19.3. The normalized spacial score (nSPS) is 14.1. The fourth-order valence-corrected chi connectivity index (χ4v) is 3.25. The first-order valence-corrected chi connectivity index (χ1v) is 9.31. The van der Waals surface area contributed by atoms with Gasteiger partial charge < -0.3 is 14.5 Å². The number of amides is 2. The van der Waals surface area contributed by atoms with Crippen LogP contribution >= 0.6 is 0 Å². The van der Waals surface area contributed by atoms with Crippen molar-refractivity contribution in [1.29, 1.82) is 0 Å². The molecule has 4 rings (SSSR count). The smallest absolute Gasteiger partial charge is 0.410 e. The summed E-state index contributed by atoms with van der Waals surface area (Å²) in [5.74, 6) is -0.108. The molecule has 1 fully saturated rings. The van der Waals surface area contributed by atoms with Crippen molar-refractivity contribution in [3.8, 4) is 0 Å². The van der Waals surface area contributed by atoms with Crippen molar-refractivity contribution < 1.29 is 14.3 Å². The van der Waals surface area contributed by atoms with Crippen LogP contribution in [-0.4, -0.2) is 53.0 Å². The minimum atomic E-state index is -0.347. The number of pyridine rings is 1. The Morgan fingerprint density at radius 3 is 2.29 bits per heavy atom. The van der Waals surface area contributed by atoms with Crippen LogP contribution in [0.1, 0.15) is 16.1 Å². The van der Waals surface area contributed by atoms with Crippen LogP contribution < -0.4 is 0 Å². The van der Waals surface area contributed by atoms with E-state index < -0.39 is 0 Å². The molecule has 1 aliphatic heterocycles. The number of nitrogens with zero attached hydrogens (tertiary/aromatic N) is 3. The molecule has 0 radical (unpaired) electrons. The third-order valence-corrected chi connectivity index (χ3v) is 4.85. The number of benzene rings is 2. The molecule has 0 aliphatic carbocycles. The van der Waals surface area contributed by atoms with E-state index >= 15 is 0 Å². The molecule has 6 nitrogen and oxygen atoms in total. The maximum Gasteiger partial charge on any atom is 0.410 e. The molecule has 3 aromatic rings. The summed E-state index contributed by atoms with van der Waals surface area (Å²) in [7, 11) is 0. The van der Waals surface area contributed by atoms with Crippen molar-refractivity contribution in [2.45, 2.75) is 6.61 Å². The van der Waals surface area contributed by atoms with Crippen LogP contribution in [0.5, 0.6) is 0 Å². The molecule has 2 heterocycles. The largest absolute Gasteiger partial charge is 0.445 e. The average molecular weight is 375 g/mol. The van der Waals surface area contributed by atoms with Crippen molar-refractivity contribution in [3.05, 3.63) is 78.0 Å². The minimum absolute atomic E-state index is 0.108. The molecule has 2 aromatic carbocycles. The van der Waals surface area contributed by atoms with Crippen molar-refractivity contribution in [2.75, 3.05) is 26.2 Å². The molecule has 28 heavy (non-hydrogen) atoms. The summed E-state index contributed by atoms with van der Waals surface area (Å²) in [4.78, 5) is 32.9. The van der Waals surface area contributed by atoms with Crippen LogP contribution in [0.15, 0.2) is 66.7 Å². The van der Waals surface area contributed by atoms with E-state index in [0.717, 1.165) is 16.5 Å². The molecule has 142 valence electrons. The number of ether oxygens (including phenoxy) is 1. The Balaban J connectivity index is 1.32. The van der Waals surface area contributed by atoms with Gasteiger partial charge in [-0.2, -0.15) is 0 Å². The van der Waals surface area contributed by atoms with Crippen molar-refractivity contribution in [1.82, 2.24) is 14.8 Å². The molecule has 2 amide bonds. The Kier molecular flexibility index (Phi) is 5.19. The summed E-state index contributed by atoms with van der Waals surface area (Å²) in [6.07, 6.45) is -0.347. The van der Waals surface area contributed by atoms with Crippen LogP contribution in [-0.2, 0) is 11.3 Å². The van der Waals surface area contributed by atoms with Crippen LogP contribution in [0.4, 0.5) is 4.79 Å². The Morgan fingerprint density at radius 2 is 1.50 bits per heavy atom. The average Bonchev–Trinajstić information content (AvgIpc) is 2.77. The van der Waals surface area contributed by atoms with E-state index in [-0.39, 0.29) is 18.6 Å². The highest BCUT2D eigenvalue weighted by Gasteiger charge is 2.26. The lowest BCUT2D eigenvalue weighted by atomic mass is 10.2. The first kappa shape index (κ1) is 18.0. The summed E-state index contributed by atoms with van der Waals surface area (Å²) in [5.41, 5.74) is 2.18. The lowest BCUT2D eigenvalue weighted by Crippen LogP contribution is -2.50. The maximum absolute atomic E-state index is 12.8. The second-order valence-corrected chi connectivity index (χ2v) is 6.71. The highest BCUT2D eigenvalue weighted by molar-refractivity contribution is 5.95. The molecule has 1 aliphatic rings. The number of hydrogen-bond acceptors (Lipinski definition) is 4. The molecule has 0 saturated carbocycles. The van der Waals surface area contributed by atoms with Crippen LogP contribution in [0, 0.1) is 0 Å². The third kappa shape index (κ3) is 3.96. The number of aromatic nitrogens is 1. The summed E-state index contributed by atoms with van der Waals surface area (Å²) in [5, 5.41) is 1.00. The van der Waals surface area contributed by atoms with Crippen molar-refractivity contribution in [3.63, 3.8) is 0 Å². The van der Waals surface area contributed by atoms with Gasteiger partial charge >= 0.3 is 6.09 Å². The van der Waals surface area contributed by atoms with Gasteiger partial charge in [0, 0.05) is 31.6 Å². The van der Waals surface area contributed by atoms with Gasteiger partial charge in [-0.3, -0.25) is 4.79 Å². The first-order chi connectivity index (χ1) is 13.7. The summed E-state index contributed by atoms with van der Waals surface area (Å²) < 4.78 is 5.37. The fraction of sp³-hybridized carbons (Fsp3) is 0.227. The lowest BCUT2D eigenvalue weighted by molar-refractivity contribution is 0.0540. The molecular formula is C22H21N3O3. The summed E-state index contributed by atoms with van der Waals surface area (Å²) in [6, 6.07) is 21.0. The second-order valence-electron chi connectivity index (χ2n) is 6.71. The highest BCUT2D eigenvalue weighted by Crippen LogP contribution is 2.14. The Hall–Kier alpha value is -3.41.